The van der Waals surface area contributed by atoms with Gasteiger partial charge < -0.3 is 18.5 Å². The fourth-order valence-corrected chi connectivity index (χ4v) is 4.41. The number of aryl methyl sites for hydroxylation is 1. The van der Waals surface area contributed by atoms with E-state index in [0.29, 0.717) is 33.9 Å². The minimum absolute atomic E-state index is 0.184. The molecule has 0 bridgehead atoms. The molecule has 5 rings (SSSR count). The van der Waals surface area contributed by atoms with Crippen molar-refractivity contribution in [2.45, 2.75) is 20.0 Å². The van der Waals surface area contributed by atoms with Crippen LogP contribution in [0.15, 0.2) is 50.6 Å². The molecule has 142 valence electrons. The first-order valence-electron chi connectivity index (χ1n) is 8.73. The largest absolute Gasteiger partial charge is 0.454 e. The van der Waals surface area contributed by atoms with E-state index in [-0.39, 0.29) is 13.3 Å². The van der Waals surface area contributed by atoms with Crippen molar-refractivity contribution in [1.29, 1.82) is 0 Å². The molecule has 0 spiro atoms. The lowest BCUT2D eigenvalue weighted by Crippen LogP contribution is -2.22. The molecule has 0 fully saturated rings. The monoisotopic (exact) mass is 397 g/mol. The van der Waals surface area contributed by atoms with Crippen molar-refractivity contribution < 1.29 is 18.7 Å². The number of ether oxygens (including phenoxy) is 2. The van der Waals surface area contributed by atoms with Gasteiger partial charge in [0.1, 0.15) is 6.54 Å². The van der Waals surface area contributed by atoms with Crippen molar-refractivity contribution in [3.63, 3.8) is 0 Å². The molecule has 2 aromatic carbocycles. The third-order valence-corrected chi connectivity index (χ3v) is 5.62. The summed E-state index contributed by atoms with van der Waals surface area (Å²) in [4.78, 5) is 29.5. The van der Waals surface area contributed by atoms with Crippen molar-refractivity contribution in [2.24, 2.45) is 4.99 Å². The highest BCUT2D eigenvalue weighted by molar-refractivity contribution is 7.16. The number of rotatable bonds is 3. The number of carbonyl (C=O) groups excluding carboxylic acids is 1. The van der Waals surface area contributed by atoms with Gasteiger partial charge in [0.25, 0.3) is 5.91 Å². The fraction of sp³-hybridized carbons (Fsp3) is 0.211. The van der Waals surface area contributed by atoms with E-state index in [1.54, 1.807) is 24.3 Å². The molecule has 3 heterocycles. The number of benzene rings is 2. The number of oxazole rings is 1. The lowest BCUT2D eigenvalue weighted by molar-refractivity contribution is -0.118. The van der Waals surface area contributed by atoms with Crippen LogP contribution in [0.5, 0.6) is 11.5 Å². The van der Waals surface area contributed by atoms with Crippen LogP contribution in [0, 0.1) is 0 Å². The average molecular weight is 397 g/mol. The SMILES string of the molecule is CCn1c(=NC(=O)Cn2c(=O)oc3ccccc32)sc2cc3c(cc21)OCO3. The molecule has 8 nitrogen and oxygen atoms in total. The Hall–Kier alpha value is -3.33. The summed E-state index contributed by atoms with van der Waals surface area (Å²) >= 11 is 1.39. The summed E-state index contributed by atoms with van der Waals surface area (Å²) in [6.45, 7) is 2.65. The molecule has 0 saturated carbocycles. The van der Waals surface area contributed by atoms with Gasteiger partial charge in [-0.25, -0.2) is 4.79 Å². The maximum Gasteiger partial charge on any atom is 0.420 e. The summed E-state index contributed by atoms with van der Waals surface area (Å²) < 4.78 is 20.2. The second kappa shape index (κ2) is 6.38. The third-order valence-electron chi connectivity index (χ3n) is 4.58. The van der Waals surface area contributed by atoms with Gasteiger partial charge in [0.15, 0.2) is 21.9 Å². The van der Waals surface area contributed by atoms with Crippen LogP contribution >= 0.6 is 11.3 Å². The topological polar surface area (TPSA) is 88.0 Å². The molecule has 0 unspecified atom stereocenters. The molecule has 1 amide bonds. The molecule has 0 aliphatic carbocycles. The maximum absolute atomic E-state index is 12.6. The van der Waals surface area contributed by atoms with E-state index >= 15 is 0 Å². The molecule has 0 saturated heterocycles. The van der Waals surface area contributed by atoms with E-state index in [0.717, 1.165) is 10.2 Å². The van der Waals surface area contributed by atoms with E-state index in [4.69, 9.17) is 13.9 Å². The normalized spacial score (nSPS) is 13.7. The second-order valence-electron chi connectivity index (χ2n) is 6.23. The summed E-state index contributed by atoms with van der Waals surface area (Å²) in [7, 11) is 0. The van der Waals surface area contributed by atoms with Crippen LogP contribution in [-0.2, 0) is 17.9 Å². The minimum atomic E-state index is -0.574. The van der Waals surface area contributed by atoms with E-state index in [1.807, 2.05) is 23.6 Å². The van der Waals surface area contributed by atoms with E-state index in [1.165, 1.54) is 15.9 Å². The predicted octanol–water partition coefficient (Wildman–Crippen LogP) is 2.49. The Morgan fingerprint density at radius 2 is 1.93 bits per heavy atom. The molecular formula is C19H15N3O5S. The van der Waals surface area contributed by atoms with Crippen LogP contribution in [0.4, 0.5) is 0 Å². The van der Waals surface area contributed by atoms with Gasteiger partial charge in [-0.3, -0.25) is 9.36 Å². The third kappa shape index (κ3) is 2.63. The van der Waals surface area contributed by atoms with Crippen molar-refractivity contribution in [2.75, 3.05) is 6.79 Å². The number of aromatic nitrogens is 2. The van der Waals surface area contributed by atoms with Crippen LogP contribution in [-0.4, -0.2) is 21.8 Å². The first-order valence-corrected chi connectivity index (χ1v) is 9.54. The highest BCUT2D eigenvalue weighted by Crippen LogP contribution is 2.36. The van der Waals surface area contributed by atoms with Gasteiger partial charge in [-0.15, -0.1) is 0 Å². The van der Waals surface area contributed by atoms with Gasteiger partial charge in [0.05, 0.1) is 15.7 Å². The number of hydrogen-bond donors (Lipinski definition) is 0. The van der Waals surface area contributed by atoms with E-state index < -0.39 is 11.7 Å². The molecular weight excluding hydrogens is 382 g/mol. The first-order chi connectivity index (χ1) is 13.6. The Morgan fingerprint density at radius 3 is 2.75 bits per heavy atom. The molecule has 4 aromatic rings. The van der Waals surface area contributed by atoms with Gasteiger partial charge in [-0.1, -0.05) is 23.5 Å². The van der Waals surface area contributed by atoms with Crippen LogP contribution < -0.4 is 20.0 Å². The van der Waals surface area contributed by atoms with Crippen molar-refractivity contribution in [3.05, 3.63) is 51.8 Å². The van der Waals surface area contributed by atoms with Crippen LogP contribution in [0.25, 0.3) is 21.3 Å². The van der Waals surface area contributed by atoms with Crippen molar-refractivity contribution >= 4 is 38.6 Å². The number of thiazole rings is 1. The Balaban J connectivity index is 1.56. The fourth-order valence-electron chi connectivity index (χ4n) is 3.29. The highest BCUT2D eigenvalue weighted by atomic mass is 32.1. The quantitative estimate of drug-likeness (QED) is 0.530. The lowest BCUT2D eigenvalue weighted by Gasteiger charge is -2.02. The summed E-state index contributed by atoms with van der Waals surface area (Å²) in [5.74, 6) is 0.366. The number of fused-ring (bicyclic) bond motifs is 3. The van der Waals surface area contributed by atoms with Gasteiger partial charge in [0.2, 0.25) is 6.79 Å². The Morgan fingerprint density at radius 1 is 1.14 bits per heavy atom. The van der Waals surface area contributed by atoms with Gasteiger partial charge >= 0.3 is 5.76 Å². The number of hydrogen-bond acceptors (Lipinski definition) is 6. The zero-order valence-corrected chi connectivity index (χ0v) is 15.7. The average Bonchev–Trinajstić information content (AvgIpc) is 3.35. The van der Waals surface area contributed by atoms with E-state index in [2.05, 4.69) is 4.99 Å². The number of nitrogens with zero attached hydrogens (tertiary/aromatic N) is 3. The first kappa shape index (κ1) is 16.8. The van der Waals surface area contributed by atoms with Crippen molar-refractivity contribution in [3.8, 4) is 11.5 Å². The van der Waals surface area contributed by atoms with Crippen molar-refractivity contribution in [1.82, 2.24) is 9.13 Å². The smallest absolute Gasteiger partial charge is 0.420 e. The highest BCUT2D eigenvalue weighted by Gasteiger charge is 2.18. The second-order valence-corrected chi connectivity index (χ2v) is 7.24. The molecule has 2 aromatic heterocycles. The summed E-state index contributed by atoms with van der Waals surface area (Å²) in [6, 6.07) is 10.8. The molecule has 0 radical (unpaired) electrons. The Labute approximate surface area is 161 Å². The van der Waals surface area contributed by atoms with E-state index in [9.17, 15) is 9.59 Å². The number of carbonyl (C=O) groups is 1. The number of para-hydroxylation sites is 2. The molecule has 9 heteroatoms. The standard InChI is InChI=1S/C19H15N3O5S/c1-2-21-12-7-14-15(26-10-25-14)8-16(12)28-18(21)20-17(23)9-22-11-5-3-4-6-13(11)27-19(22)24/h3-8H,2,9-10H2,1H3. The minimum Gasteiger partial charge on any atom is -0.454 e. The molecule has 0 N–H and O–H groups in total. The number of amides is 1. The summed E-state index contributed by atoms with van der Waals surface area (Å²) in [5.41, 5.74) is 1.94. The molecule has 1 aliphatic heterocycles. The Bertz CT molecular complexity index is 1360. The van der Waals surface area contributed by atoms with Gasteiger partial charge in [-0.2, -0.15) is 4.99 Å². The molecule has 1 aliphatic rings. The predicted molar refractivity (Wildman–Crippen MR) is 103 cm³/mol. The lowest BCUT2D eigenvalue weighted by atomic mass is 10.3. The van der Waals surface area contributed by atoms with Gasteiger partial charge in [-0.05, 0) is 19.1 Å². The summed E-state index contributed by atoms with van der Waals surface area (Å²) in [5, 5.41) is 0. The van der Waals surface area contributed by atoms with Crippen LogP contribution in [0.2, 0.25) is 0 Å². The van der Waals surface area contributed by atoms with Crippen LogP contribution in [0.1, 0.15) is 6.92 Å². The Kier molecular flexibility index (Phi) is 3.83. The molecule has 28 heavy (non-hydrogen) atoms. The zero-order chi connectivity index (χ0) is 19.3. The molecule has 0 atom stereocenters. The summed E-state index contributed by atoms with van der Waals surface area (Å²) in [6.07, 6.45) is 0. The van der Waals surface area contributed by atoms with Gasteiger partial charge in [0, 0.05) is 18.7 Å². The zero-order valence-electron chi connectivity index (χ0n) is 14.9. The van der Waals surface area contributed by atoms with Crippen LogP contribution in [0.3, 0.4) is 0 Å². The maximum atomic E-state index is 12.6.